The SMILES string of the molecule is C=C1N(C)CC[C@@]1(O)C#Cc1cccc(-c2nc(C(N)=O)c3ccccc3n2)c1. The fraction of sp³-hybridized carbons (Fsp3) is 0.174. The highest BCUT2D eigenvalue weighted by Gasteiger charge is 2.36. The molecule has 0 radical (unpaired) electrons. The third kappa shape index (κ3) is 3.44. The molecule has 1 aliphatic heterocycles. The maximum absolute atomic E-state index is 11.9. The number of benzene rings is 2. The number of rotatable bonds is 2. The van der Waals surface area contributed by atoms with Crippen LogP contribution in [0.25, 0.3) is 22.3 Å². The van der Waals surface area contributed by atoms with Crippen LogP contribution in [0.2, 0.25) is 0 Å². The van der Waals surface area contributed by atoms with Gasteiger partial charge in [0.05, 0.1) is 11.2 Å². The molecule has 29 heavy (non-hydrogen) atoms. The largest absolute Gasteiger partial charge is 0.375 e. The lowest BCUT2D eigenvalue weighted by Crippen LogP contribution is -2.26. The third-order valence-electron chi connectivity index (χ3n) is 5.12. The van der Waals surface area contributed by atoms with Gasteiger partial charge >= 0.3 is 0 Å². The van der Waals surface area contributed by atoms with Crippen molar-refractivity contribution in [2.45, 2.75) is 12.0 Å². The van der Waals surface area contributed by atoms with Crippen molar-refractivity contribution in [2.24, 2.45) is 5.73 Å². The summed E-state index contributed by atoms with van der Waals surface area (Å²) in [6.45, 7) is 4.64. The lowest BCUT2D eigenvalue weighted by atomic mass is 10.00. The fourth-order valence-electron chi connectivity index (χ4n) is 3.36. The third-order valence-corrected chi connectivity index (χ3v) is 5.12. The average molecular weight is 384 g/mol. The van der Waals surface area contributed by atoms with E-state index in [1.165, 1.54) is 0 Å². The molecule has 0 unspecified atom stereocenters. The Morgan fingerprint density at radius 1 is 1.24 bits per heavy atom. The first kappa shape index (κ1) is 18.7. The van der Waals surface area contributed by atoms with E-state index in [0.717, 1.165) is 0 Å². The van der Waals surface area contributed by atoms with E-state index >= 15 is 0 Å². The molecule has 0 bridgehead atoms. The molecule has 0 saturated carbocycles. The van der Waals surface area contributed by atoms with Gasteiger partial charge in [-0.15, -0.1) is 0 Å². The highest BCUT2D eigenvalue weighted by Crippen LogP contribution is 2.29. The minimum atomic E-state index is -1.22. The number of aliphatic hydroxyl groups is 1. The zero-order valence-corrected chi connectivity index (χ0v) is 16.0. The molecule has 1 aliphatic rings. The summed E-state index contributed by atoms with van der Waals surface area (Å²) in [6, 6.07) is 14.6. The van der Waals surface area contributed by atoms with E-state index in [-0.39, 0.29) is 5.69 Å². The van der Waals surface area contributed by atoms with Crippen LogP contribution in [-0.2, 0) is 0 Å². The van der Waals surface area contributed by atoms with Crippen LogP contribution in [-0.4, -0.2) is 45.1 Å². The predicted molar refractivity (Wildman–Crippen MR) is 112 cm³/mol. The van der Waals surface area contributed by atoms with Crippen LogP contribution < -0.4 is 5.73 Å². The molecule has 0 spiro atoms. The van der Waals surface area contributed by atoms with Crippen molar-refractivity contribution < 1.29 is 9.90 Å². The number of hydrogen-bond donors (Lipinski definition) is 2. The van der Waals surface area contributed by atoms with Gasteiger partial charge in [0.25, 0.3) is 5.91 Å². The number of hydrogen-bond acceptors (Lipinski definition) is 5. The number of nitrogens with zero attached hydrogens (tertiary/aromatic N) is 3. The summed E-state index contributed by atoms with van der Waals surface area (Å²) in [5, 5.41) is 11.3. The average Bonchev–Trinajstić information content (AvgIpc) is 2.99. The molecule has 2 heterocycles. The number of carbonyl (C=O) groups excluding carboxylic acids is 1. The maximum Gasteiger partial charge on any atom is 0.268 e. The zero-order chi connectivity index (χ0) is 20.6. The first-order valence-corrected chi connectivity index (χ1v) is 9.20. The van der Waals surface area contributed by atoms with Crippen molar-refractivity contribution in [1.82, 2.24) is 14.9 Å². The second kappa shape index (κ2) is 7.04. The number of carbonyl (C=O) groups is 1. The van der Waals surface area contributed by atoms with Crippen LogP contribution >= 0.6 is 0 Å². The van der Waals surface area contributed by atoms with Crippen LogP contribution in [0.1, 0.15) is 22.5 Å². The highest BCUT2D eigenvalue weighted by atomic mass is 16.3. The highest BCUT2D eigenvalue weighted by molar-refractivity contribution is 6.04. The van der Waals surface area contributed by atoms with Gasteiger partial charge in [-0.2, -0.15) is 0 Å². The summed E-state index contributed by atoms with van der Waals surface area (Å²) in [4.78, 5) is 22.7. The van der Waals surface area contributed by atoms with E-state index in [1.807, 2.05) is 54.4 Å². The number of likely N-dealkylation sites (tertiary alicyclic amines) is 1. The van der Waals surface area contributed by atoms with Crippen molar-refractivity contribution in [2.75, 3.05) is 13.6 Å². The summed E-state index contributed by atoms with van der Waals surface area (Å²) in [6.07, 6.45) is 0.519. The molecule has 4 rings (SSSR count). The molecular weight excluding hydrogens is 364 g/mol. The van der Waals surface area contributed by atoms with Gasteiger partial charge < -0.3 is 15.7 Å². The molecule has 6 heteroatoms. The monoisotopic (exact) mass is 384 g/mol. The molecule has 2 aromatic carbocycles. The summed E-state index contributed by atoms with van der Waals surface area (Å²) >= 11 is 0. The van der Waals surface area contributed by atoms with E-state index in [4.69, 9.17) is 5.73 Å². The molecule has 1 amide bonds. The Labute approximate surface area is 168 Å². The molecule has 1 fully saturated rings. The summed E-state index contributed by atoms with van der Waals surface area (Å²) < 4.78 is 0. The number of likely N-dealkylation sites (N-methyl/N-ethyl adjacent to an activating group) is 1. The van der Waals surface area contributed by atoms with Crippen LogP contribution in [0.4, 0.5) is 0 Å². The van der Waals surface area contributed by atoms with Gasteiger partial charge in [0.2, 0.25) is 0 Å². The number of nitrogens with two attached hydrogens (primary N) is 1. The van der Waals surface area contributed by atoms with Crippen LogP contribution in [0.15, 0.2) is 60.8 Å². The van der Waals surface area contributed by atoms with Gasteiger partial charge in [-0.25, -0.2) is 9.97 Å². The quantitative estimate of drug-likeness (QED) is 0.662. The minimum Gasteiger partial charge on any atom is -0.375 e. The van der Waals surface area contributed by atoms with Gasteiger partial charge in [-0.1, -0.05) is 48.8 Å². The van der Waals surface area contributed by atoms with Gasteiger partial charge in [-0.05, 0) is 18.2 Å². The van der Waals surface area contributed by atoms with Gasteiger partial charge in [0, 0.05) is 36.5 Å². The second-order valence-corrected chi connectivity index (χ2v) is 7.09. The van der Waals surface area contributed by atoms with E-state index in [9.17, 15) is 9.90 Å². The van der Waals surface area contributed by atoms with Crippen molar-refractivity contribution in [1.29, 1.82) is 0 Å². The summed E-state index contributed by atoms with van der Waals surface area (Å²) in [7, 11) is 1.88. The van der Waals surface area contributed by atoms with E-state index < -0.39 is 11.5 Å². The number of primary amides is 1. The molecule has 1 atom stereocenters. The minimum absolute atomic E-state index is 0.182. The van der Waals surface area contributed by atoms with Crippen molar-refractivity contribution in [3.8, 4) is 23.2 Å². The second-order valence-electron chi connectivity index (χ2n) is 7.09. The predicted octanol–water partition coefficient (Wildman–Crippen LogP) is 2.33. The summed E-state index contributed by atoms with van der Waals surface area (Å²) in [5.41, 5.74) is 7.14. The first-order chi connectivity index (χ1) is 13.9. The lowest BCUT2D eigenvalue weighted by molar-refractivity contribution is 0.0997. The molecule has 0 aliphatic carbocycles. The maximum atomic E-state index is 11.9. The zero-order valence-electron chi connectivity index (χ0n) is 16.0. The number of fused-ring (bicyclic) bond motifs is 1. The topological polar surface area (TPSA) is 92.3 Å². The fourth-order valence-corrected chi connectivity index (χ4v) is 3.36. The van der Waals surface area contributed by atoms with Crippen LogP contribution in [0, 0.1) is 11.8 Å². The molecule has 6 nitrogen and oxygen atoms in total. The number of para-hydroxylation sites is 1. The van der Waals surface area contributed by atoms with Crippen molar-refractivity contribution >= 4 is 16.8 Å². The standard InChI is InChI=1S/C23H20N4O2/c1-15-23(29,12-13-27(15)2)11-10-16-6-5-7-17(14-16)22-25-19-9-4-3-8-18(19)20(26-22)21(24)28/h3-9,14,29H,1,12-13H2,2H3,(H2,24,28)/t23-/m0/s1. The van der Waals surface area contributed by atoms with Crippen LogP contribution in [0.3, 0.4) is 0 Å². The number of aromatic nitrogens is 2. The molecule has 1 aromatic heterocycles. The Morgan fingerprint density at radius 2 is 2.03 bits per heavy atom. The van der Waals surface area contributed by atoms with Crippen molar-refractivity contribution in [3.05, 3.63) is 72.1 Å². The Bertz CT molecular complexity index is 1210. The Kier molecular flexibility index (Phi) is 4.53. The molecule has 3 N–H and O–H groups in total. The molecule has 1 saturated heterocycles. The molecule has 3 aromatic rings. The molecular formula is C23H20N4O2. The normalized spacial score (nSPS) is 18.6. The van der Waals surface area contributed by atoms with E-state index in [2.05, 4.69) is 28.4 Å². The smallest absolute Gasteiger partial charge is 0.268 e. The van der Waals surface area contributed by atoms with Crippen LogP contribution in [0.5, 0.6) is 0 Å². The Balaban J connectivity index is 1.75. The lowest BCUT2D eigenvalue weighted by Gasteiger charge is -2.19. The Hall–Kier alpha value is -3.69. The van der Waals surface area contributed by atoms with Gasteiger partial charge in [0.15, 0.2) is 11.4 Å². The Morgan fingerprint density at radius 3 is 2.76 bits per heavy atom. The van der Waals surface area contributed by atoms with E-state index in [0.29, 0.717) is 46.5 Å². The molecule has 144 valence electrons. The van der Waals surface area contributed by atoms with Crippen molar-refractivity contribution in [3.63, 3.8) is 0 Å². The van der Waals surface area contributed by atoms with Gasteiger partial charge in [0.1, 0.15) is 5.69 Å². The first-order valence-electron chi connectivity index (χ1n) is 9.20. The van der Waals surface area contributed by atoms with E-state index in [1.54, 1.807) is 6.07 Å². The van der Waals surface area contributed by atoms with Gasteiger partial charge in [-0.3, -0.25) is 4.79 Å². The number of amides is 1. The summed E-state index contributed by atoms with van der Waals surface area (Å²) in [5.74, 6) is 5.76.